The van der Waals surface area contributed by atoms with Crippen molar-refractivity contribution >= 4 is 5.97 Å². The molecule has 0 saturated carbocycles. The van der Waals surface area contributed by atoms with Gasteiger partial charge >= 0.3 is 5.97 Å². The molecule has 1 rings (SSSR count). The van der Waals surface area contributed by atoms with E-state index in [0.29, 0.717) is 5.41 Å². The molecule has 1 aliphatic rings. The second-order valence-corrected chi connectivity index (χ2v) is 6.14. The second kappa shape index (κ2) is 6.21. The number of carboxylic acid groups (broad SMARTS) is 1. The summed E-state index contributed by atoms with van der Waals surface area (Å²) in [5, 5.41) is 8.65. The minimum absolute atomic E-state index is 0.146. The van der Waals surface area contributed by atoms with E-state index in [1.165, 1.54) is 24.8 Å². The van der Waals surface area contributed by atoms with Crippen LogP contribution in [-0.2, 0) is 4.79 Å². The summed E-state index contributed by atoms with van der Waals surface area (Å²) in [6.45, 7) is 8.96. The highest BCUT2D eigenvalue weighted by atomic mass is 16.4. The van der Waals surface area contributed by atoms with Crippen molar-refractivity contribution in [2.45, 2.75) is 66.2 Å². The first kappa shape index (κ1) is 15.0. The van der Waals surface area contributed by atoms with E-state index in [0.717, 1.165) is 12.8 Å². The Balaban J connectivity index is 2.61. The zero-order chi connectivity index (χ0) is 13.8. The van der Waals surface area contributed by atoms with Gasteiger partial charge in [-0.1, -0.05) is 36.6 Å². The molecule has 1 aliphatic carbocycles. The molecule has 0 bridgehead atoms. The normalized spacial score (nSPS) is 20.1. The summed E-state index contributed by atoms with van der Waals surface area (Å²) >= 11 is 0. The maximum Gasteiger partial charge on any atom is 0.307 e. The Morgan fingerprint density at radius 3 is 2.67 bits per heavy atom. The minimum Gasteiger partial charge on any atom is -0.481 e. The predicted molar refractivity (Wildman–Crippen MR) is 75.6 cm³/mol. The largest absolute Gasteiger partial charge is 0.481 e. The first-order valence-corrected chi connectivity index (χ1v) is 6.89. The molecule has 0 radical (unpaired) electrons. The Bertz CT molecular complexity index is 373. The van der Waals surface area contributed by atoms with Crippen LogP contribution in [0, 0.1) is 5.41 Å². The maximum absolute atomic E-state index is 10.5. The van der Waals surface area contributed by atoms with Crippen molar-refractivity contribution in [3.05, 3.63) is 22.8 Å². The third kappa shape index (κ3) is 4.32. The number of rotatable bonds is 5. The second-order valence-electron chi connectivity index (χ2n) is 6.14. The number of allylic oxidation sites excluding steroid dienone is 3. The average molecular weight is 250 g/mol. The van der Waals surface area contributed by atoms with E-state index in [1.54, 1.807) is 11.1 Å². The summed E-state index contributed by atoms with van der Waals surface area (Å²) in [5.74, 6) is -0.747. The molecular weight excluding hydrogens is 224 g/mol. The molecule has 1 N–H and O–H groups in total. The predicted octanol–water partition coefficient (Wildman–Crippen LogP) is 4.71. The molecule has 0 amide bonds. The van der Waals surface area contributed by atoms with Crippen molar-refractivity contribution in [3.8, 4) is 0 Å². The van der Waals surface area contributed by atoms with Crippen LogP contribution in [0.3, 0.4) is 0 Å². The number of hydrogen-bond acceptors (Lipinski definition) is 1. The molecule has 0 saturated heterocycles. The van der Waals surface area contributed by atoms with Gasteiger partial charge in [-0.2, -0.15) is 0 Å². The quantitative estimate of drug-likeness (QED) is 0.717. The fraction of sp³-hybridized carbons (Fsp3) is 0.688. The van der Waals surface area contributed by atoms with Gasteiger partial charge in [-0.25, -0.2) is 0 Å². The molecule has 0 aromatic rings. The molecule has 102 valence electrons. The van der Waals surface area contributed by atoms with Crippen molar-refractivity contribution in [1.29, 1.82) is 0 Å². The summed E-state index contributed by atoms with van der Waals surface area (Å²) in [5.41, 5.74) is 4.67. The van der Waals surface area contributed by atoms with Crippen LogP contribution in [0.5, 0.6) is 0 Å². The lowest BCUT2D eigenvalue weighted by molar-refractivity contribution is -0.136. The van der Waals surface area contributed by atoms with Crippen LogP contribution >= 0.6 is 0 Å². The zero-order valence-electron chi connectivity index (χ0n) is 12.2. The van der Waals surface area contributed by atoms with E-state index < -0.39 is 5.97 Å². The first-order valence-electron chi connectivity index (χ1n) is 6.89. The smallest absolute Gasteiger partial charge is 0.307 e. The SMILES string of the molecule is CC(=CCC(=O)O)CCC1=C(C)CCCC1(C)C. The molecule has 2 heteroatoms. The van der Waals surface area contributed by atoms with Gasteiger partial charge in [0.25, 0.3) is 0 Å². The van der Waals surface area contributed by atoms with Crippen LogP contribution in [-0.4, -0.2) is 11.1 Å². The lowest BCUT2D eigenvalue weighted by Gasteiger charge is -2.34. The van der Waals surface area contributed by atoms with Crippen molar-refractivity contribution in [2.24, 2.45) is 5.41 Å². The van der Waals surface area contributed by atoms with Gasteiger partial charge in [0.05, 0.1) is 6.42 Å². The Morgan fingerprint density at radius 2 is 2.11 bits per heavy atom. The zero-order valence-corrected chi connectivity index (χ0v) is 12.2. The third-order valence-corrected chi connectivity index (χ3v) is 4.08. The molecule has 0 fully saturated rings. The van der Waals surface area contributed by atoms with E-state index >= 15 is 0 Å². The molecule has 0 aromatic heterocycles. The van der Waals surface area contributed by atoms with Gasteiger partial charge < -0.3 is 5.11 Å². The van der Waals surface area contributed by atoms with Crippen LogP contribution in [0.25, 0.3) is 0 Å². The summed E-state index contributed by atoms with van der Waals surface area (Å²) in [7, 11) is 0. The summed E-state index contributed by atoms with van der Waals surface area (Å²) in [6.07, 6.45) is 7.87. The fourth-order valence-electron chi connectivity index (χ4n) is 2.91. The molecule has 0 aliphatic heterocycles. The van der Waals surface area contributed by atoms with Crippen molar-refractivity contribution in [2.75, 3.05) is 0 Å². The van der Waals surface area contributed by atoms with Gasteiger partial charge in [0.15, 0.2) is 0 Å². The Kier molecular flexibility index (Phi) is 5.18. The van der Waals surface area contributed by atoms with Gasteiger partial charge in [0.1, 0.15) is 0 Å². The Morgan fingerprint density at radius 1 is 1.44 bits per heavy atom. The van der Waals surface area contributed by atoms with Gasteiger partial charge in [-0.3, -0.25) is 4.79 Å². The number of carbonyl (C=O) groups is 1. The van der Waals surface area contributed by atoms with Crippen LogP contribution in [0.4, 0.5) is 0 Å². The molecular formula is C16H26O2. The molecule has 2 nitrogen and oxygen atoms in total. The summed E-state index contributed by atoms with van der Waals surface area (Å²) in [4.78, 5) is 10.5. The van der Waals surface area contributed by atoms with Gasteiger partial charge in [-0.05, 0) is 51.4 Å². The van der Waals surface area contributed by atoms with E-state index in [2.05, 4.69) is 20.8 Å². The third-order valence-electron chi connectivity index (χ3n) is 4.08. The molecule has 0 unspecified atom stereocenters. The lowest BCUT2D eigenvalue weighted by Crippen LogP contribution is -2.20. The van der Waals surface area contributed by atoms with Crippen molar-refractivity contribution in [3.63, 3.8) is 0 Å². The van der Waals surface area contributed by atoms with E-state index in [-0.39, 0.29) is 6.42 Å². The van der Waals surface area contributed by atoms with Crippen LogP contribution in [0.15, 0.2) is 22.8 Å². The van der Waals surface area contributed by atoms with E-state index in [4.69, 9.17) is 5.11 Å². The maximum atomic E-state index is 10.5. The summed E-state index contributed by atoms with van der Waals surface area (Å²) in [6, 6.07) is 0. The Hall–Kier alpha value is -1.05. The van der Waals surface area contributed by atoms with Crippen molar-refractivity contribution < 1.29 is 9.90 Å². The molecule has 0 spiro atoms. The highest BCUT2D eigenvalue weighted by Crippen LogP contribution is 2.42. The number of hydrogen-bond donors (Lipinski definition) is 1. The standard InChI is InChI=1S/C16H26O2/c1-12(8-10-15(17)18)7-9-14-13(2)6-5-11-16(14,3)4/h8H,5-7,9-11H2,1-4H3,(H,17,18). The Labute approximate surface area is 111 Å². The number of aliphatic carboxylic acids is 1. The van der Waals surface area contributed by atoms with E-state index in [9.17, 15) is 4.79 Å². The van der Waals surface area contributed by atoms with Crippen LogP contribution in [0.2, 0.25) is 0 Å². The molecule has 18 heavy (non-hydrogen) atoms. The fourth-order valence-corrected chi connectivity index (χ4v) is 2.91. The van der Waals surface area contributed by atoms with Crippen LogP contribution in [0.1, 0.15) is 66.2 Å². The van der Waals surface area contributed by atoms with Crippen molar-refractivity contribution in [1.82, 2.24) is 0 Å². The van der Waals surface area contributed by atoms with Gasteiger partial charge in [0, 0.05) is 0 Å². The lowest BCUT2D eigenvalue weighted by atomic mass is 9.71. The topological polar surface area (TPSA) is 37.3 Å². The van der Waals surface area contributed by atoms with Crippen LogP contribution < -0.4 is 0 Å². The monoisotopic (exact) mass is 250 g/mol. The number of carboxylic acids is 1. The summed E-state index contributed by atoms with van der Waals surface area (Å²) < 4.78 is 0. The minimum atomic E-state index is -0.747. The molecule has 0 aromatic carbocycles. The van der Waals surface area contributed by atoms with Gasteiger partial charge in [0.2, 0.25) is 0 Å². The first-order chi connectivity index (χ1) is 8.33. The highest BCUT2D eigenvalue weighted by Gasteiger charge is 2.27. The molecule has 0 heterocycles. The van der Waals surface area contributed by atoms with E-state index in [1.807, 2.05) is 13.0 Å². The molecule has 0 atom stereocenters. The van der Waals surface area contributed by atoms with Gasteiger partial charge in [-0.15, -0.1) is 0 Å². The average Bonchev–Trinajstić information content (AvgIpc) is 2.24. The highest BCUT2D eigenvalue weighted by molar-refractivity contribution is 5.68.